The maximum absolute atomic E-state index is 13.7. The average molecular weight is 266 g/mol. The first-order valence-corrected chi connectivity index (χ1v) is 6.31. The minimum Gasteiger partial charge on any atom is -0.355 e. The van der Waals surface area contributed by atoms with Gasteiger partial charge in [0, 0.05) is 13.1 Å². The van der Waals surface area contributed by atoms with Crippen molar-refractivity contribution in [1.82, 2.24) is 10.2 Å². The van der Waals surface area contributed by atoms with E-state index in [0.717, 1.165) is 5.56 Å². The van der Waals surface area contributed by atoms with Crippen LogP contribution >= 0.6 is 0 Å². The molecule has 104 valence electrons. The molecule has 0 saturated heterocycles. The van der Waals surface area contributed by atoms with Gasteiger partial charge in [-0.05, 0) is 38.5 Å². The summed E-state index contributed by atoms with van der Waals surface area (Å²) < 4.78 is 13.7. The Morgan fingerprint density at radius 3 is 2.53 bits per heavy atom. The van der Waals surface area contributed by atoms with Gasteiger partial charge in [0.1, 0.15) is 5.82 Å². The number of hydrogen-bond donors (Lipinski definition) is 1. The highest BCUT2D eigenvalue weighted by Gasteiger charge is 2.19. The van der Waals surface area contributed by atoms with E-state index in [2.05, 4.69) is 5.32 Å². The first kappa shape index (κ1) is 15.1. The molecule has 0 fully saturated rings. The zero-order valence-corrected chi connectivity index (χ0v) is 11.5. The second-order valence-electron chi connectivity index (χ2n) is 4.26. The van der Waals surface area contributed by atoms with Crippen molar-refractivity contribution >= 4 is 11.8 Å². The van der Waals surface area contributed by atoms with E-state index in [4.69, 9.17) is 0 Å². The summed E-state index contributed by atoms with van der Waals surface area (Å²) in [5, 5.41) is 2.61. The zero-order chi connectivity index (χ0) is 14.4. The van der Waals surface area contributed by atoms with Gasteiger partial charge in [-0.25, -0.2) is 4.39 Å². The van der Waals surface area contributed by atoms with E-state index in [9.17, 15) is 14.0 Å². The molecule has 19 heavy (non-hydrogen) atoms. The molecule has 0 bridgehead atoms. The van der Waals surface area contributed by atoms with Crippen LogP contribution in [0.4, 0.5) is 4.39 Å². The highest BCUT2D eigenvalue weighted by Crippen LogP contribution is 2.12. The van der Waals surface area contributed by atoms with Crippen LogP contribution in [0.1, 0.15) is 29.8 Å². The van der Waals surface area contributed by atoms with Gasteiger partial charge in [0.2, 0.25) is 5.91 Å². The molecule has 0 aliphatic carbocycles. The molecule has 0 aliphatic rings. The predicted molar refractivity (Wildman–Crippen MR) is 71.4 cm³/mol. The molecule has 0 unspecified atom stereocenters. The fourth-order valence-electron chi connectivity index (χ4n) is 1.72. The van der Waals surface area contributed by atoms with Crippen molar-refractivity contribution in [1.29, 1.82) is 0 Å². The maximum atomic E-state index is 13.7. The van der Waals surface area contributed by atoms with E-state index in [1.54, 1.807) is 26.8 Å². The van der Waals surface area contributed by atoms with Crippen molar-refractivity contribution < 1.29 is 14.0 Å². The van der Waals surface area contributed by atoms with E-state index < -0.39 is 11.7 Å². The van der Waals surface area contributed by atoms with Gasteiger partial charge in [0.05, 0.1) is 12.1 Å². The highest BCUT2D eigenvalue weighted by molar-refractivity contribution is 5.96. The second kappa shape index (κ2) is 6.87. The summed E-state index contributed by atoms with van der Waals surface area (Å²) >= 11 is 0. The van der Waals surface area contributed by atoms with Crippen LogP contribution in [-0.2, 0) is 4.79 Å². The monoisotopic (exact) mass is 266 g/mol. The lowest BCUT2D eigenvalue weighted by molar-refractivity contribution is -0.121. The third-order valence-corrected chi connectivity index (χ3v) is 2.73. The predicted octanol–water partition coefficient (Wildman–Crippen LogP) is 1.73. The first-order valence-electron chi connectivity index (χ1n) is 6.31. The van der Waals surface area contributed by atoms with Crippen LogP contribution < -0.4 is 5.32 Å². The number of carbonyl (C=O) groups excluding carboxylic acids is 2. The van der Waals surface area contributed by atoms with Crippen molar-refractivity contribution in [3.8, 4) is 0 Å². The standard InChI is InChI=1S/C14H19FN2O2/c1-4-16-13(18)9-17(5-2)14(19)11-7-6-10(3)8-12(11)15/h6-8H,4-5,9H2,1-3H3,(H,16,18). The third kappa shape index (κ3) is 4.05. The highest BCUT2D eigenvalue weighted by atomic mass is 19.1. The molecular weight excluding hydrogens is 247 g/mol. The van der Waals surface area contributed by atoms with E-state index in [1.807, 2.05) is 0 Å². The average Bonchev–Trinajstić information content (AvgIpc) is 2.35. The largest absolute Gasteiger partial charge is 0.355 e. The van der Waals surface area contributed by atoms with E-state index in [1.165, 1.54) is 17.0 Å². The van der Waals surface area contributed by atoms with Crippen molar-refractivity contribution in [3.63, 3.8) is 0 Å². The van der Waals surface area contributed by atoms with E-state index in [0.29, 0.717) is 13.1 Å². The number of amides is 2. The summed E-state index contributed by atoms with van der Waals surface area (Å²) in [5.41, 5.74) is 0.748. The molecule has 0 spiro atoms. The molecule has 0 heterocycles. The van der Waals surface area contributed by atoms with Gasteiger partial charge in [0.25, 0.3) is 5.91 Å². The Morgan fingerprint density at radius 2 is 2.00 bits per heavy atom. The Labute approximate surface area is 112 Å². The van der Waals surface area contributed by atoms with Crippen LogP contribution in [-0.4, -0.2) is 36.3 Å². The molecule has 2 amide bonds. The van der Waals surface area contributed by atoms with Crippen LogP contribution in [0.3, 0.4) is 0 Å². The van der Waals surface area contributed by atoms with Crippen LogP contribution in [0.5, 0.6) is 0 Å². The van der Waals surface area contributed by atoms with Crippen LogP contribution in [0.15, 0.2) is 18.2 Å². The number of halogens is 1. The van der Waals surface area contributed by atoms with Gasteiger partial charge in [-0.2, -0.15) is 0 Å². The number of nitrogens with zero attached hydrogens (tertiary/aromatic N) is 1. The van der Waals surface area contributed by atoms with Crippen LogP contribution in [0.2, 0.25) is 0 Å². The summed E-state index contributed by atoms with van der Waals surface area (Å²) in [6.07, 6.45) is 0. The number of benzene rings is 1. The lowest BCUT2D eigenvalue weighted by Crippen LogP contribution is -2.40. The summed E-state index contributed by atoms with van der Waals surface area (Å²) in [5.74, 6) is -1.27. The molecule has 1 aromatic rings. The number of carbonyl (C=O) groups is 2. The maximum Gasteiger partial charge on any atom is 0.257 e. The van der Waals surface area contributed by atoms with Gasteiger partial charge in [-0.15, -0.1) is 0 Å². The molecule has 0 saturated carbocycles. The molecule has 0 radical (unpaired) electrons. The Morgan fingerprint density at radius 1 is 1.32 bits per heavy atom. The van der Waals surface area contributed by atoms with Gasteiger partial charge < -0.3 is 10.2 Å². The molecule has 1 aromatic carbocycles. The summed E-state index contributed by atoms with van der Waals surface area (Å²) in [6.45, 7) is 6.10. The first-order chi connectivity index (χ1) is 8.99. The number of aryl methyl sites for hydroxylation is 1. The summed E-state index contributed by atoms with van der Waals surface area (Å²) in [6, 6.07) is 4.44. The number of hydrogen-bond acceptors (Lipinski definition) is 2. The Balaban J connectivity index is 2.86. The third-order valence-electron chi connectivity index (χ3n) is 2.73. The van der Waals surface area contributed by atoms with Crippen molar-refractivity contribution in [2.75, 3.05) is 19.6 Å². The van der Waals surface area contributed by atoms with E-state index in [-0.39, 0.29) is 18.0 Å². The molecule has 4 nitrogen and oxygen atoms in total. The molecule has 0 atom stereocenters. The topological polar surface area (TPSA) is 49.4 Å². The van der Waals surface area contributed by atoms with Crippen molar-refractivity contribution in [2.45, 2.75) is 20.8 Å². The Bertz CT molecular complexity index is 475. The SMILES string of the molecule is CCNC(=O)CN(CC)C(=O)c1ccc(C)cc1F. The molecule has 0 aliphatic heterocycles. The van der Waals surface area contributed by atoms with Gasteiger partial charge in [-0.1, -0.05) is 6.07 Å². The fourth-order valence-corrected chi connectivity index (χ4v) is 1.72. The normalized spacial score (nSPS) is 10.1. The Kier molecular flexibility index (Phi) is 5.48. The fraction of sp³-hybridized carbons (Fsp3) is 0.429. The lowest BCUT2D eigenvalue weighted by Gasteiger charge is -2.20. The minimum absolute atomic E-state index is 0.00301. The van der Waals surface area contributed by atoms with E-state index >= 15 is 0 Å². The molecule has 1 rings (SSSR count). The van der Waals surface area contributed by atoms with Crippen molar-refractivity contribution in [3.05, 3.63) is 35.1 Å². The molecular formula is C14H19FN2O2. The van der Waals surface area contributed by atoms with Gasteiger partial charge in [-0.3, -0.25) is 9.59 Å². The van der Waals surface area contributed by atoms with Crippen LogP contribution in [0.25, 0.3) is 0 Å². The summed E-state index contributed by atoms with van der Waals surface area (Å²) in [7, 11) is 0. The molecule has 0 aromatic heterocycles. The molecule has 5 heteroatoms. The quantitative estimate of drug-likeness (QED) is 0.882. The lowest BCUT2D eigenvalue weighted by atomic mass is 10.1. The van der Waals surface area contributed by atoms with Crippen molar-refractivity contribution in [2.24, 2.45) is 0 Å². The minimum atomic E-state index is -0.556. The van der Waals surface area contributed by atoms with Crippen LogP contribution in [0, 0.1) is 12.7 Å². The number of nitrogens with one attached hydrogen (secondary N) is 1. The Hall–Kier alpha value is -1.91. The second-order valence-corrected chi connectivity index (χ2v) is 4.26. The number of likely N-dealkylation sites (N-methyl/N-ethyl adjacent to an activating group) is 2. The van der Waals surface area contributed by atoms with Gasteiger partial charge >= 0.3 is 0 Å². The smallest absolute Gasteiger partial charge is 0.257 e. The van der Waals surface area contributed by atoms with Gasteiger partial charge in [0.15, 0.2) is 0 Å². The zero-order valence-electron chi connectivity index (χ0n) is 11.5. The number of rotatable bonds is 5. The summed E-state index contributed by atoms with van der Waals surface area (Å²) in [4.78, 5) is 25.0. The molecule has 1 N–H and O–H groups in total.